The number of halogens is 1. The van der Waals surface area contributed by atoms with Gasteiger partial charge in [-0.2, -0.15) is 0 Å². The van der Waals surface area contributed by atoms with Crippen LogP contribution in [0.15, 0.2) is 12.3 Å². The number of anilines is 1. The Morgan fingerprint density at radius 2 is 1.86 bits per heavy atom. The molecule has 1 aromatic rings. The van der Waals surface area contributed by atoms with Crippen LogP contribution in [0.25, 0.3) is 0 Å². The molecular weight excluding hydrogens is 267 g/mol. The summed E-state index contributed by atoms with van der Waals surface area (Å²) in [6.45, 7) is 12.7. The van der Waals surface area contributed by atoms with Gasteiger partial charge in [0.2, 0.25) is 0 Å². The minimum absolute atomic E-state index is 0.177. The average molecular weight is 294 g/mol. The predicted octanol–water partition coefficient (Wildman–Crippen LogP) is 2.25. The van der Waals surface area contributed by atoms with Gasteiger partial charge < -0.3 is 10.2 Å². The lowest BCUT2D eigenvalue weighted by Crippen LogP contribution is -2.49. The summed E-state index contributed by atoms with van der Waals surface area (Å²) in [6.07, 6.45) is 1.71. The van der Waals surface area contributed by atoms with Gasteiger partial charge in [-0.25, -0.2) is 9.37 Å². The molecule has 5 heteroatoms. The monoisotopic (exact) mass is 294 g/mol. The van der Waals surface area contributed by atoms with Gasteiger partial charge in [0.1, 0.15) is 0 Å². The quantitative estimate of drug-likeness (QED) is 0.902. The Balaban J connectivity index is 2.05. The second kappa shape index (κ2) is 7.18. The maximum atomic E-state index is 14.6. The minimum atomic E-state index is -0.177. The highest BCUT2D eigenvalue weighted by Crippen LogP contribution is 2.21. The summed E-state index contributed by atoms with van der Waals surface area (Å²) in [7, 11) is 0. The third-order valence-electron chi connectivity index (χ3n) is 4.00. The first-order chi connectivity index (χ1) is 9.99. The number of pyridine rings is 1. The second-order valence-electron chi connectivity index (χ2n) is 6.26. The van der Waals surface area contributed by atoms with Crippen LogP contribution in [-0.2, 0) is 6.54 Å². The van der Waals surface area contributed by atoms with Crippen molar-refractivity contribution in [3.05, 3.63) is 23.6 Å². The predicted molar refractivity (Wildman–Crippen MR) is 85.1 cm³/mol. The van der Waals surface area contributed by atoms with Crippen molar-refractivity contribution in [3.63, 3.8) is 0 Å². The summed E-state index contributed by atoms with van der Waals surface area (Å²) in [5, 5.41) is 3.26. The molecule has 1 aliphatic rings. The highest BCUT2D eigenvalue weighted by Gasteiger charge is 2.22. The van der Waals surface area contributed by atoms with E-state index in [4.69, 9.17) is 0 Å². The van der Waals surface area contributed by atoms with Crippen LogP contribution < -0.4 is 10.2 Å². The van der Waals surface area contributed by atoms with Gasteiger partial charge in [-0.3, -0.25) is 4.90 Å². The van der Waals surface area contributed by atoms with Crippen LogP contribution in [-0.4, -0.2) is 48.1 Å². The molecule has 1 saturated heterocycles. The van der Waals surface area contributed by atoms with E-state index >= 15 is 0 Å². The fourth-order valence-corrected chi connectivity index (χ4v) is 2.59. The lowest BCUT2D eigenvalue weighted by Gasteiger charge is -2.37. The van der Waals surface area contributed by atoms with E-state index in [9.17, 15) is 4.39 Å². The zero-order valence-electron chi connectivity index (χ0n) is 13.6. The molecule has 21 heavy (non-hydrogen) atoms. The number of hydrogen-bond donors (Lipinski definition) is 1. The number of aromatic nitrogens is 1. The topological polar surface area (TPSA) is 31.4 Å². The molecule has 1 N–H and O–H groups in total. The van der Waals surface area contributed by atoms with Gasteiger partial charge in [0.05, 0.1) is 0 Å². The van der Waals surface area contributed by atoms with Crippen LogP contribution in [0.3, 0.4) is 0 Å². The lowest BCUT2D eigenvalue weighted by molar-refractivity contribution is 0.208. The Labute approximate surface area is 127 Å². The van der Waals surface area contributed by atoms with Crippen molar-refractivity contribution < 1.29 is 4.39 Å². The molecule has 1 fully saturated rings. The standard InChI is InChI=1S/C16H27FN4/c1-12(2)19-11-14-5-6-18-16(15(14)17)21-9-7-20(8-10-21)13(3)4/h5-6,12-13,19H,7-11H2,1-4H3. The lowest BCUT2D eigenvalue weighted by atomic mass is 10.2. The highest BCUT2D eigenvalue weighted by molar-refractivity contribution is 5.43. The van der Waals surface area contributed by atoms with E-state index in [1.54, 1.807) is 12.3 Å². The van der Waals surface area contributed by atoms with E-state index in [1.165, 1.54) is 0 Å². The minimum Gasteiger partial charge on any atom is -0.352 e. The SMILES string of the molecule is CC(C)NCc1ccnc(N2CCN(C(C)C)CC2)c1F. The Bertz CT molecular complexity index is 454. The summed E-state index contributed by atoms with van der Waals surface area (Å²) < 4.78 is 14.6. The molecule has 118 valence electrons. The Hall–Kier alpha value is -1.20. The molecule has 2 heterocycles. The van der Waals surface area contributed by atoms with Crippen molar-refractivity contribution in [2.45, 2.75) is 46.3 Å². The molecular formula is C16H27FN4. The molecule has 1 aliphatic heterocycles. The summed E-state index contributed by atoms with van der Waals surface area (Å²) in [6, 6.07) is 2.65. The molecule has 1 aromatic heterocycles. The van der Waals surface area contributed by atoms with Crippen molar-refractivity contribution in [3.8, 4) is 0 Å². The molecule has 0 unspecified atom stereocenters. The first-order valence-corrected chi connectivity index (χ1v) is 7.84. The zero-order chi connectivity index (χ0) is 15.4. The van der Waals surface area contributed by atoms with Crippen LogP contribution in [0.4, 0.5) is 10.2 Å². The highest BCUT2D eigenvalue weighted by atomic mass is 19.1. The van der Waals surface area contributed by atoms with Gasteiger partial charge in [0, 0.05) is 56.6 Å². The average Bonchev–Trinajstić information content (AvgIpc) is 2.46. The number of rotatable bonds is 5. The Kier molecular flexibility index (Phi) is 5.53. The van der Waals surface area contributed by atoms with Crippen molar-refractivity contribution in [1.82, 2.24) is 15.2 Å². The molecule has 0 atom stereocenters. The molecule has 0 radical (unpaired) electrons. The van der Waals surface area contributed by atoms with Crippen LogP contribution in [0.5, 0.6) is 0 Å². The van der Waals surface area contributed by atoms with E-state index in [0.717, 1.165) is 26.2 Å². The van der Waals surface area contributed by atoms with E-state index in [0.29, 0.717) is 30.0 Å². The molecule has 2 rings (SSSR count). The van der Waals surface area contributed by atoms with Gasteiger partial charge in [-0.05, 0) is 19.9 Å². The molecule has 0 saturated carbocycles. The van der Waals surface area contributed by atoms with Crippen molar-refractivity contribution >= 4 is 5.82 Å². The third kappa shape index (κ3) is 4.14. The van der Waals surface area contributed by atoms with Crippen molar-refractivity contribution in [1.29, 1.82) is 0 Å². The van der Waals surface area contributed by atoms with Crippen molar-refractivity contribution in [2.24, 2.45) is 0 Å². The van der Waals surface area contributed by atoms with Crippen LogP contribution >= 0.6 is 0 Å². The zero-order valence-corrected chi connectivity index (χ0v) is 13.6. The van der Waals surface area contributed by atoms with E-state index in [1.807, 2.05) is 0 Å². The Morgan fingerprint density at radius 1 is 1.19 bits per heavy atom. The third-order valence-corrected chi connectivity index (χ3v) is 4.00. The number of nitrogens with one attached hydrogen (secondary N) is 1. The maximum absolute atomic E-state index is 14.6. The smallest absolute Gasteiger partial charge is 0.170 e. The fraction of sp³-hybridized carbons (Fsp3) is 0.688. The summed E-state index contributed by atoms with van der Waals surface area (Å²) >= 11 is 0. The summed E-state index contributed by atoms with van der Waals surface area (Å²) in [5.41, 5.74) is 0.694. The molecule has 0 bridgehead atoms. The summed E-state index contributed by atoms with van der Waals surface area (Å²) in [5.74, 6) is 0.324. The first-order valence-electron chi connectivity index (χ1n) is 7.84. The molecule has 4 nitrogen and oxygen atoms in total. The van der Waals surface area contributed by atoms with E-state index < -0.39 is 0 Å². The Morgan fingerprint density at radius 3 is 2.43 bits per heavy atom. The maximum Gasteiger partial charge on any atom is 0.170 e. The van der Waals surface area contributed by atoms with Gasteiger partial charge in [0.25, 0.3) is 0 Å². The van der Waals surface area contributed by atoms with Gasteiger partial charge in [-0.1, -0.05) is 13.8 Å². The molecule has 0 aliphatic carbocycles. The normalized spacial score (nSPS) is 17.0. The number of nitrogens with zero attached hydrogens (tertiary/aromatic N) is 3. The van der Waals surface area contributed by atoms with Gasteiger partial charge in [0.15, 0.2) is 11.6 Å². The first kappa shape index (κ1) is 16.2. The van der Waals surface area contributed by atoms with Crippen LogP contribution in [0, 0.1) is 5.82 Å². The van der Waals surface area contributed by atoms with Crippen LogP contribution in [0.2, 0.25) is 0 Å². The molecule has 0 spiro atoms. The van der Waals surface area contributed by atoms with Crippen molar-refractivity contribution in [2.75, 3.05) is 31.1 Å². The summed E-state index contributed by atoms with van der Waals surface area (Å²) in [4.78, 5) is 8.74. The second-order valence-corrected chi connectivity index (χ2v) is 6.26. The van der Waals surface area contributed by atoms with Gasteiger partial charge >= 0.3 is 0 Å². The van der Waals surface area contributed by atoms with Gasteiger partial charge in [-0.15, -0.1) is 0 Å². The molecule has 0 aromatic carbocycles. The van der Waals surface area contributed by atoms with E-state index in [-0.39, 0.29) is 5.82 Å². The fourth-order valence-electron chi connectivity index (χ4n) is 2.59. The largest absolute Gasteiger partial charge is 0.352 e. The number of piperazine rings is 1. The van der Waals surface area contributed by atoms with Crippen LogP contribution in [0.1, 0.15) is 33.3 Å². The number of hydrogen-bond acceptors (Lipinski definition) is 4. The molecule has 0 amide bonds. The van der Waals surface area contributed by atoms with E-state index in [2.05, 4.69) is 47.8 Å².